The standard InChI is InChI=1S/C14H14ClNO2/c15-11-6-7-14(13(16)10-11)18-9-8-17-12-4-2-1-3-5-12/h1-7,10H,8-9,16H2. The maximum Gasteiger partial charge on any atom is 0.142 e. The Bertz CT molecular complexity index is 502. The van der Waals surface area contributed by atoms with Crippen molar-refractivity contribution in [2.24, 2.45) is 0 Å². The third-order valence-corrected chi connectivity index (χ3v) is 2.56. The number of para-hydroxylation sites is 1. The normalized spacial score (nSPS) is 10.1. The van der Waals surface area contributed by atoms with E-state index in [4.69, 9.17) is 26.8 Å². The van der Waals surface area contributed by atoms with Gasteiger partial charge in [0.2, 0.25) is 0 Å². The molecule has 0 amide bonds. The van der Waals surface area contributed by atoms with Crippen molar-refractivity contribution < 1.29 is 9.47 Å². The lowest BCUT2D eigenvalue weighted by Gasteiger charge is -2.10. The molecule has 2 aromatic rings. The van der Waals surface area contributed by atoms with Gasteiger partial charge in [-0.2, -0.15) is 0 Å². The molecule has 3 nitrogen and oxygen atoms in total. The first kappa shape index (κ1) is 12.6. The van der Waals surface area contributed by atoms with E-state index in [1.807, 2.05) is 30.3 Å². The van der Waals surface area contributed by atoms with Gasteiger partial charge in [0.1, 0.15) is 24.7 Å². The van der Waals surface area contributed by atoms with Gasteiger partial charge >= 0.3 is 0 Å². The van der Waals surface area contributed by atoms with Gasteiger partial charge in [0.25, 0.3) is 0 Å². The largest absolute Gasteiger partial charge is 0.490 e. The summed E-state index contributed by atoms with van der Waals surface area (Å²) in [4.78, 5) is 0. The highest BCUT2D eigenvalue weighted by Gasteiger charge is 2.01. The molecule has 2 rings (SSSR count). The van der Waals surface area contributed by atoms with Crippen molar-refractivity contribution in [2.75, 3.05) is 18.9 Å². The van der Waals surface area contributed by atoms with Gasteiger partial charge in [0.15, 0.2) is 0 Å². The summed E-state index contributed by atoms with van der Waals surface area (Å²) in [7, 11) is 0. The number of hydrogen-bond donors (Lipinski definition) is 1. The number of nitrogens with two attached hydrogens (primary N) is 1. The first-order valence-corrected chi connectivity index (χ1v) is 5.99. The Morgan fingerprint density at radius 3 is 2.39 bits per heavy atom. The SMILES string of the molecule is Nc1cc(Cl)ccc1OCCOc1ccccc1. The van der Waals surface area contributed by atoms with Gasteiger partial charge in [0.05, 0.1) is 5.69 Å². The molecule has 0 aliphatic heterocycles. The Morgan fingerprint density at radius 1 is 0.944 bits per heavy atom. The second-order valence-electron chi connectivity index (χ2n) is 3.69. The molecule has 94 valence electrons. The highest BCUT2D eigenvalue weighted by molar-refractivity contribution is 6.30. The molecular formula is C14H14ClNO2. The molecule has 0 fully saturated rings. The average molecular weight is 264 g/mol. The van der Waals surface area contributed by atoms with Gasteiger partial charge in [-0.3, -0.25) is 0 Å². The molecule has 0 saturated carbocycles. The number of benzene rings is 2. The Balaban J connectivity index is 1.79. The Hall–Kier alpha value is -1.87. The number of nitrogen functional groups attached to an aromatic ring is 1. The minimum absolute atomic E-state index is 0.431. The van der Waals surface area contributed by atoms with Crippen molar-refractivity contribution in [1.29, 1.82) is 0 Å². The third-order valence-electron chi connectivity index (χ3n) is 2.32. The molecule has 0 heterocycles. The lowest BCUT2D eigenvalue weighted by atomic mass is 10.3. The van der Waals surface area contributed by atoms with E-state index in [1.165, 1.54) is 0 Å². The van der Waals surface area contributed by atoms with Gasteiger partial charge < -0.3 is 15.2 Å². The van der Waals surface area contributed by atoms with E-state index in [2.05, 4.69) is 0 Å². The van der Waals surface area contributed by atoms with Crippen LogP contribution in [-0.4, -0.2) is 13.2 Å². The Kier molecular flexibility index (Phi) is 4.31. The molecule has 0 aliphatic carbocycles. The van der Waals surface area contributed by atoms with E-state index < -0.39 is 0 Å². The average Bonchev–Trinajstić information content (AvgIpc) is 2.38. The van der Waals surface area contributed by atoms with E-state index in [-0.39, 0.29) is 0 Å². The summed E-state index contributed by atoms with van der Waals surface area (Å²) in [6.07, 6.45) is 0. The second-order valence-corrected chi connectivity index (χ2v) is 4.13. The van der Waals surface area contributed by atoms with Crippen LogP contribution in [0.1, 0.15) is 0 Å². The van der Waals surface area contributed by atoms with E-state index in [9.17, 15) is 0 Å². The predicted octanol–water partition coefficient (Wildman–Crippen LogP) is 3.38. The summed E-state index contributed by atoms with van der Waals surface area (Å²) < 4.78 is 11.0. The van der Waals surface area contributed by atoms with Crippen LogP contribution >= 0.6 is 11.6 Å². The summed E-state index contributed by atoms with van der Waals surface area (Å²) in [5, 5.41) is 0.598. The Labute approximate surface area is 111 Å². The van der Waals surface area contributed by atoms with Crippen LogP contribution in [0, 0.1) is 0 Å². The lowest BCUT2D eigenvalue weighted by molar-refractivity contribution is 0.218. The lowest BCUT2D eigenvalue weighted by Crippen LogP contribution is -2.09. The smallest absolute Gasteiger partial charge is 0.142 e. The zero-order valence-electron chi connectivity index (χ0n) is 9.80. The first-order chi connectivity index (χ1) is 8.75. The van der Waals surface area contributed by atoms with Crippen molar-refractivity contribution >= 4 is 17.3 Å². The number of rotatable bonds is 5. The van der Waals surface area contributed by atoms with Crippen molar-refractivity contribution in [2.45, 2.75) is 0 Å². The number of anilines is 1. The minimum Gasteiger partial charge on any atom is -0.490 e. The van der Waals surface area contributed by atoms with Crippen molar-refractivity contribution in [1.82, 2.24) is 0 Å². The van der Waals surface area contributed by atoms with Crippen LogP contribution in [0.15, 0.2) is 48.5 Å². The van der Waals surface area contributed by atoms with Gasteiger partial charge in [-0.25, -0.2) is 0 Å². The third kappa shape index (κ3) is 3.57. The maximum absolute atomic E-state index is 5.80. The van der Waals surface area contributed by atoms with E-state index in [1.54, 1.807) is 18.2 Å². The second kappa shape index (κ2) is 6.17. The Morgan fingerprint density at radius 2 is 1.67 bits per heavy atom. The summed E-state index contributed by atoms with van der Waals surface area (Å²) in [6.45, 7) is 0.896. The molecule has 0 saturated heterocycles. The fourth-order valence-electron chi connectivity index (χ4n) is 1.48. The predicted molar refractivity (Wildman–Crippen MR) is 73.3 cm³/mol. The van der Waals surface area contributed by atoms with Gasteiger partial charge in [0, 0.05) is 5.02 Å². The maximum atomic E-state index is 5.80. The van der Waals surface area contributed by atoms with Crippen LogP contribution in [0.25, 0.3) is 0 Å². The first-order valence-electron chi connectivity index (χ1n) is 5.61. The van der Waals surface area contributed by atoms with E-state index in [0.717, 1.165) is 5.75 Å². The number of halogens is 1. The van der Waals surface area contributed by atoms with Crippen LogP contribution < -0.4 is 15.2 Å². The molecule has 2 aromatic carbocycles. The topological polar surface area (TPSA) is 44.5 Å². The summed E-state index contributed by atoms with van der Waals surface area (Å²) in [6, 6.07) is 14.7. The molecule has 0 radical (unpaired) electrons. The number of hydrogen-bond acceptors (Lipinski definition) is 3. The molecule has 4 heteroatoms. The van der Waals surface area contributed by atoms with Gasteiger partial charge in [-0.1, -0.05) is 29.8 Å². The van der Waals surface area contributed by atoms with Gasteiger partial charge in [-0.15, -0.1) is 0 Å². The highest BCUT2D eigenvalue weighted by atomic mass is 35.5. The van der Waals surface area contributed by atoms with E-state index >= 15 is 0 Å². The molecular weight excluding hydrogens is 250 g/mol. The molecule has 0 unspecified atom stereocenters. The van der Waals surface area contributed by atoms with E-state index in [0.29, 0.717) is 29.7 Å². The van der Waals surface area contributed by atoms with Crippen molar-refractivity contribution in [3.8, 4) is 11.5 Å². The van der Waals surface area contributed by atoms with Crippen LogP contribution in [-0.2, 0) is 0 Å². The van der Waals surface area contributed by atoms with Gasteiger partial charge in [-0.05, 0) is 30.3 Å². The quantitative estimate of drug-likeness (QED) is 0.664. The van der Waals surface area contributed by atoms with Crippen molar-refractivity contribution in [3.63, 3.8) is 0 Å². The zero-order valence-corrected chi connectivity index (χ0v) is 10.6. The fourth-order valence-corrected chi connectivity index (χ4v) is 1.66. The minimum atomic E-state index is 0.431. The molecule has 0 atom stereocenters. The molecule has 0 aromatic heterocycles. The van der Waals surface area contributed by atoms with Crippen LogP contribution in [0.2, 0.25) is 5.02 Å². The molecule has 0 spiro atoms. The monoisotopic (exact) mass is 263 g/mol. The molecule has 18 heavy (non-hydrogen) atoms. The summed E-state index contributed by atoms with van der Waals surface area (Å²) >= 11 is 5.80. The van der Waals surface area contributed by atoms with Crippen LogP contribution in [0.4, 0.5) is 5.69 Å². The van der Waals surface area contributed by atoms with Crippen LogP contribution in [0.3, 0.4) is 0 Å². The highest BCUT2D eigenvalue weighted by Crippen LogP contribution is 2.24. The molecule has 0 bridgehead atoms. The summed E-state index contributed by atoms with van der Waals surface area (Å²) in [5.41, 5.74) is 6.29. The zero-order chi connectivity index (χ0) is 12.8. The number of ether oxygens (including phenoxy) is 2. The van der Waals surface area contributed by atoms with Crippen LogP contribution in [0.5, 0.6) is 11.5 Å². The summed E-state index contributed by atoms with van der Waals surface area (Å²) in [5.74, 6) is 1.45. The van der Waals surface area contributed by atoms with Crippen molar-refractivity contribution in [3.05, 3.63) is 53.6 Å². The molecule has 0 aliphatic rings. The molecule has 2 N–H and O–H groups in total. The fraction of sp³-hybridized carbons (Fsp3) is 0.143.